The van der Waals surface area contributed by atoms with Gasteiger partial charge in [0, 0.05) is 30.9 Å². The van der Waals surface area contributed by atoms with Crippen molar-refractivity contribution in [3.8, 4) is 5.75 Å². The van der Waals surface area contributed by atoms with E-state index in [0.717, 1.165) is 24.4 Å². The summed E-state index contributed by atoms with van der Waals surface area (Å²) in [6, 6.07) is 14.8. The first-order valence-corrected chi connectivity index (χ1v) is 9.75. The van der Waals surface area contributed by atoms with E-state index in [1.54, 1.807) is 31.4 Å². The molecule has 29 heavy (non-hydrogen) atoms. The third-order valence-electron chi connectivity index (χ3n) is 4.70. The molecular formula is C22H27N3O4. The molecule has 1 fully saturated rings. The number of hydrogen-bond donors (Lipinski definition) is 2. The molecule has 1 aliphatic rings. The maximum atomic E-state index is 12.2. The van der Waals surface area contributed by atoms with Crippen molar-refractivity contribution in [1.82, 2.24) is 4.90 Å². The van der Waals surface area contributed by atoms with Gasteiger partial charge in [-0.05, 0) is 48.4 Å². The Hall–Kier alpha value is -2.90. The van der Waals surface area contributed by atoms with Crippen LogP contribution in [0.15, 0.2) is 48.5 Å². The van der Waals surface area contributed by atoms with Gasteiger partial charge >= 0.3 is 0 Å². The van der Waals surface area contributed by atoms with Gasteiger partial charge in [0.2, 0.25) is 11.8 Å². The highest BCUT2D eigenvalue weighted by Crippen LogP contribution is 2.16. The van der Waals surface area contributed by atoms with Crippen molar-refractivity contribution < 1.29 is 19.1 Å². The normalized spacial score (nSPS) is 14.2. The van der Waals surface area contributed by atoms with E-state index >= 15 is 0 Å². The monoisotopic (exact) mass is 397 g/mol. The molecule has 2 aromatic carbocycles. The van der Waals surface area contributed by atoms with E-state index in [4.69, 9.17) is 9.47 Å². The van der Waals surface area contributed by atoms with E-state index in [0.29, 0.717) is 44.0 Å². The summed E-state index contributed by atoms with van der Waals surface area (Å²) in [5, 5.41) is 5.76. The highest BCUT2D eigenvalue weighted by atomic mass is 16.5. The largest absolute Gasteiger partial charge is 0.497 e. The molecule has 0 atom stereocenters. The minimum atomic E-state index is -0.0584. The van der Waals surface area contributed by atoms with Crippen LogP contribution in [0.1, 0.15) is 12.0 Å². The number of anilines is 2. The molecule has 7 heteroatoms. The standard InChI is InChI=1S/C22H27N3O4/c1-28-20-4-2-3-17(15-20)5-10-21(26)23-18-6-8-19(9-7-18)24-22(27)16-25-11-13-29-14-12-25/h2-4,6-9,15H,5,10-14,16H2,1H3,(H,23,26)(H,24,27). The van der Waals surface area contributed by atoms with Crippen LogP contribution >= 0.6 is 0 Å². The molecule has 154 valence electrons. The fourth-order valence-electron chi connectivity index (χ4n) is 3.11. The second-order valence-electron chi connectivity index (χ2n) is 6.91. The summed E-state index contributed by atoms with van der Waals surface area (Å²) >= 11 is 0. The van der Waals surface area contributed by atoms with Crippen molar-refractivity contribution in [2.75, 3.05) is 50.6 Å². The second kappa shape index (κ2) is 10.6. The van der Waals surface area contributed by atoms with E-state index in [9.17, 15) is 9.59 Å². The lowest BCUT2D eigenvalue weighted by atomic mass is 10.1. The predicted molar refractivity (Wildman–Crippen MR) is 112 cm³/mol. The Morgan fingerprint density at radius 3 is 2.31 bits per heavy atom. The van der Waals surface area contributed by atoms with E-state index in [1.807, 2.05) is 24.3 Å². The minimum Gasteiger partial charge on any atom is -0.497 e. The molecule has 1 heterocycles. The van der Waals surface area contributed by atoms with Crippen LogP contribution in [0.3, 0.4) is 0 Å². The number of morpholine rings is 1. The Morgan fingerprint density at radius 1 is 1.00 bits per heavy atom. The lowest BCUT2D eigenvalue weighted by Gasteiger charge is -2.25. The van der Waals surface area contributed by atoms with Gasteiger partial charge < -0.3 is 20.1 Å². The van der Waals surface area contributed by atoms with Crippen molar-refractivity contribution in [3.63, 3.8) is 0 Å². The van der Waals surface area contributed by atoms with Gasteiger partial charge in [-0.2, -0.15) is 0 Å². The topological polar surface area (TPSA) is 79.9 Å². The molecule has 0 spiro atoms. The van der Waals surface area contributed by atoms with Crippen LogP contribution < -0.4 is 15.4 Å². The van der Waals surface area contributed by atoms with Crippen molar-refractivity contribution in [3.05, 3.63) is 54.1 Å². The Bertz CT molecular complexity index is 817. The third-order valence-corrected chi connectivity index (χ3v) is 4.70. The number of rotatable bonds is 8. The van der Waals surface area contributed by atoms with E-state index < -0.39 is 0 Å². The minimum absolute atomic E-state index is 0.0537. The SMILES string of the molecule is COc1cccc(CCC(=O)Nc2ccc(NC(=O)CN3CCOCC3)cc2)c1. The molecule has 1 aliphatic heterocycles. The number of aryl methyl sites for hydroxylation is 1. The zero-order chi connectivity index (χ0) is 20.5. The predicted octanol–water partition coefficient (Wildman–Crippen LogP) is 2.54. The number of benzene rings is 2. The quantitative estimate of drug-likeness (QED) is 0.716. The van der Waals surface area contributed by atoms with Gasteiger partial charge in [0.1, 0.15) is 5.75 Å². The highest BCUT2D eigenvalue weighted by molar-refractivity contribution is 5.93. The molecule has 0 radical (unpaired) electrons. The first kappa shape index (κ1) is 20.8. The molecule has 0 unspecified atom stereocenters. The average Bonchev–Trinajstić information content (AvgIpc) is 2.74. The first-order chi connectivity index (χ1) is 14.1. The second-order valence-corrected chi connectivity index (χ2v) is 6.91. The van der Waals surface area contributed by atoms with Crippen LogP contribution in [-0.2, 0) is 20.7 Å². The number of carbonyl (C=O) groups is 2. The smallest absolute Gasteiger partial charge is 0.238 e. The van der Waals surface area contributed by atoms with Crippen LogP contribution in [0, 0.1) is 0 Å². The fourth-order valence-corrected chi connectivity index (χ4v) is 3.11. The first-order valence-electron chi connectivity index (χ1n) is 9.75. The van der Waals surface area contributed by atoms with Crippen molar-refractivity contribution in [2.45, 2.75) is 12.8 Å². The number of carbonyl (C=O) groups excluding carboxylic acids is 2. The number of ether oxygens (including phenoxy) is 2. The van der Waals surface area contributed by atoms with Crippen molar-refractivity contribution >= 4 is 23.2 Å². The zero-order valence-corrected chi connectivity index (χ0v) is 16.6. The molecular weight excluding hydrogens is 370 g/mol. The zero-order valence-electron chi connectivity index (χ0n) is 16.6. The Balaban J connectivity index is 1.43. The summed E-state index contributed by atoms with van der Waals surface area (Å²) in [5.41, 5.74) is 2.46. The van der Waals surface area contributed by atoms with E-state index in [1.165, 1.54) is 0 Å². The van der Waals surface area contributed by atoms with E-state index in [2.05, 4.69) is 15.5 Å². The van der Waals surface area contributed by atoms with Gasteiger partial charge in [-0.3, -0.25) is 14.5 Å². The number of hydrogen-bond acceptors (Lipinski definition) is 5. The Morgan fingerprint density at radius 2 is 1.66 bits per heavy atom. The molecule has 0 aliphatic carbocycles. The molecule has 2 amide bonds. The van der Waals surface area contributed by atoms with Gasteiger partial charge in [0.25, 0.3) is 0 Å². The molecule has 0 saturated carbocycles. The molecule has 2 aromatic rings. The Labute approximate surface area is 171 Å². The van der Waals surface area contributed by atoms with Crippen LogP contribution in [0.5, 0.6) is 5.75 Å². The van der Waals surface area contributed by atoms with Gasteiger partial charge in [-0.25, -0.2) is 0 Å². The van der Waals surface area contributed by atoms with Gasteiger partial charge in [-0.1, -0.05) is 12.1 Å². The number of nitrogens with one attached hydrogen (secondary N) is 2. The third kappa shape index (κ3) is 6.89. The van der Waals surface area contributed by atoms with Gasteiger partial charge in [0.15, 0.2) is 0 Å². The maximum absolute atomic E-state index is 12.2. The van der Waals surface area contributed by atoms with Crippen LogP contribution in [0.2, 0.25) is 0 Å². The van der Waals surface area contributed by atoms with Gasteiger partial charge in [-0.15, -0.1) is 0 Å². The lowest BCUT2D eigenvalue weighted by molar-refractivity contribution is -0.118. The summed E-state index contributed by atoms with van der Waals surface area (Å²) in [4.78, 5) is 26.4. The van der Waals surface area contributed by atoms with Crippen LogP contribution in [0.4, 0.5) is 11.4 Å². The number of nitrogens with zero attached hydrogens (tertiary/aromatic N) is 1. The van der Waals surface area contributed by atoms with Crippen LogP contribution in [0.25, 0.3) is 0 Å². The highest BCUT2D eigenvalue weighted by Gasteiger charge is 2.14. The molecule has 2 N–H and O–H groups in total. The summed E-state index contributed by atoms with van der Waals surface area (Å²) in [5.74, 6) is 0.674. The molecule has 3 rings (SSSR count). The maximum Gasteiger partial charge on any atom is 0.238 e. The lowest BCUT2D eigenvalue weighted by Crippen LogP contribution is -2.41. The Kier molecular flexibility index (Phi) is 7.61. The molecule has 0 bridgehead atoms. The number of amides is 2. The summed E-state index contributed by atoms with van der Waals surface area (Å²) in [6.07, 6.45) is 1.02. The molecule has 1 saturated heterocycles. The number of methoxy groups -OCH3 is 1. The van der Waals surface area contributed by atoms with Gasteiger partial charge in [0.05, 0.1) is 26.9 Å². The van der Waals surface area contributed by atoms with Crippen molar-refractivity contribution in [1.29, 1.82) is 0 Å². The summed E-state index contributed by atoms with van der Waals surface area (Å²) in [7, 11) is 1.63. The molecule has 0 aromatic heterocycles. The molecule has 7 nitrogen and oxygen atoms in total. The summed E-state index contributed by atoms with van der Waals surface area (Å²) < 4.78 is 10.5. The van der Waals surface area contributed by atoms with Crippen LogP contribution in [-0.4, -0.2) is 56.7 Å². The fraction of sp³-hybridized carbons (Fsp3) is 0.364. The summed E-state index contributed by atoms with van der Waals surface area (Å²) in [6.45, 7) is 3.23. The van der Waals surface area contributed by atoms with E-state index in [-0.39, 0.29) is 11.8 Å². The van der Waals surface area contributed by atoms with Crippen molar-refractivity contribution in [2.24, 2.45) is 0 Å². The average molecular weight is 397 g/mol.